The van der Waals surface area contributed by atoms with Gasteiger partial charge in [-0.1, -0.05) is 24.8 Å². The molecule has 0 spiro atoms. The number of carbonyl (C=O) groups excluding carboxylic acids is 1. The number of alkyl halides is 3. The highest BCUT2D eigenvalue weighted by atomic mass is 32.2. The highest BCUT2D eigenvalue weighted by Crippen LogP contribution is 2.31. The average molecular weight is 438 g/mol. The number of benzene rings is 1. The molecule has 7 nitrogen and oxygen atoms in total. The number of sulfone groups is 1. The van der Waals surface area contributed by atoms with E-state index >= 15 is 0 Å². The van der Waals surface area contributed by atoms with Crippen molar-refractivity contribution in [2.75, 3.05) is 16.8 Å². The first-order valence-corrected chi connectivity index (χ1v) is 11.4. The molecule has 2 amide bonds. The summed E-state index contributed by atoms with van der Waals surface area (Å²) in [5, 5.41) is 12.6. The van der Waals surface area contributed by atoms with Crippen molar-refractivity contribution in [3.05, 3.63) is 29.8 Å². The maximum atomic E-state index is 12.7. The normalized spacial score (nSPS) is 19.6. The van der Waals surface area contributed by atoms with Gasteiger partial charge in [0.25, 0.3) is 0 Å². The number of nitrogens with zero attached hydrogens (tertiary/aromatic N) is 2. The van der Waals surface area contributed by atoms with E-state index < -0.39 is 33.1 Å². The van der Waals surface area contributed by atoms with Crippen LogP contribution in [0.25, 0.3) is 0 Å². The topological polar surface area (TPSA) is 100.0 Å². The largest absolute Gasteiger partial charge is 0.416 e. The first-order valence-electron chi connectivity index (χ1n) is 8.59. The van der Waals surface area contributed by atoms with Crippen molar-refractivity contribution in [1.82, 2.24) is 5.32 Å². The zero-order valence-corrected chi connectivity index (χ0v) is 16.7. The highest BCUT2D eigenvalue weighted by molar-refractivity contribution is 8.00. The van der Waals surface area contributed by atoms with Gasteiger partial charge >= 0.3 is 12.2 Å². The van der Waals surface area contributed by atoms with Crippen molar-refractivity contribution >= 4 is 33.3 Å². The van der Waals surface area contributed by atoms with Gasteiger partial charge in [-0.3, -0.25) is 0 Å². The standard InChI is InChI=1S/C16H21F3N4O3S2/c1-2-28(25,26)9-4-3-8-13-22-23-15(27-13)21-14(24)20-12-7-5-6-11(10-12)16(17,18)19/h5-7,10,13,15H,2-4,8-9H2,1H3,(H2,20,21,24)/t13-,15+/m1/s1. The summed E-state index contributed by atoms with van der Waals surface area (Å²) in [5.74, 6) is 0.261. The summed E-state index contributed by atoms with van der Waals surface area (Å²) in [6.45, 7) is 1.61. The third-order valence-electron chi connectivity index (χ3n) is 3.88. The van der Waals surface area contributed by atoms with Crippen LogP contribution in [0, 0.1) is 0 Å². The molecular formula is C16H21F3N4O3S2. The number of hydrogen-bond acceptors (Lipinski definition) is 6. The van der Waals surface area contributed by atoms with Crippen molar-refractivity contribution < 1.29 is 26.4 Å². The van der Waals surface area contributed by atoms with E-state index in [1.54, 1.807) is 6.92 Å². The molecule has 2 atom stereocenters. The minimum atomic E-state index is -4.49. The van der Waals surface area contributed by atoms with E-state index in [1.807, 2.05) is 0 Å². The lowest BCUT2D eigenvalue weighted by molar-refractivity contribution is -0.137. The van der Waals surface area contributed by atoms with E-state index in [0.29, 0.717) is 19.3 Å². The summed E-state index contributed by atoms with van der Waals surface area (Å²) in [4.78, 5) is 12.0. The van der Waals surface area contributed by atoms with Crippen LogP contribution in [0.3, 0.4) is 0 Å². The van der Waals surface area contributed by atoms with E-state index in [4.69, 9.17) is 0 Å². The number of thioether (sulfide) groups is 1. The second-order valence-electron chi connectivity index (χ2n) is 6.08. The molecule has 1 aliphatic heterocycles. The molecule has 0 saturated heterocycles. The van der Waals surface area contributed by atoms with E-state index in [0.717, 1.165) is 12.1 Å². The van der Waals surface area contributed by atoms with E-state index in [2.05, 4.69) is 20.9 Å². The Kier molecular flexibility index (Phi) is 7.70. The van der Waals surface area contributed by atoms with Crippen molar-refractivity contribution in [3.63, 3.8) is 0 Å². The van der Waals surface area contributed by atoms with Crippen molar-refractivity contribution in [2.45, 2.75) is 43.2 Å². The number of hydrogen-bond donors (Lipinski definition) is 2. The van der Waals surface area contributed by atoms with E-state index in [1.165, 1.54) is 23.9 Å². The second kappa shape index (κ2) is 9.59. The molecule has 1 aromatic carbocycles. The predicted octanol–water partition coefficient (Wildman–Crippen LogP) is 4.24. The molecule has 0 saturated carbocycles. The zero-order chi connectivity index (χ0) is 20.8. The lowest BCUT2D eigenvalue weighted by Gasteiger charge is -2.13. The molecule has 0 fully saturated rings. The van der Waals surface area contributed by atoms with Crippen molar-refractivity contribution in [2.24, 2.45) is 10.2 Å². The minimum Gasteiger partial charge on any atom is -0.308 e. The lowest BCUT2D eigenvalue weighted by atomic mass is 10.2. The summed E-state index contributed by atoms with van der Waals surface area (Å²) in [5.41, 5.74) is -1.48. The van der Waals surface area contributed by atoms with Crippen LogP contribution in [-0.2, 0) is 16.0 Å². The number of carbonyl (C=O) groups is 1. The average Bonchev–Trinajstić information content (AvgIpc) is 3.05. The highest BCUT2D eigenvalue weighted by Gasteiger charge is 2.30. The SMILES string of the molecule is CCS(=O)(=O)CCCC[C@@H]1N=N[C@H](NC(=O)Nc2cccc(C(F)(F)F)c2)S1. The number of azo groups is 1. The summed E-state index contributed by atoms with van der Waals surface area (Å²) < 4.78 is 61.0. The van der Waals surface area contributed by atoms with Crippen LogP contribution in [0.5, 0.6) is 0 Å². The molecule has 0 radical (unpaired) electrons. The van der Waals surface area contributed by atoms with Gasteiger partial charge in [-0.15, -0.1) is 0 Å². The van der Waals surface area contributed by atoms with Crippen LogP contribution in [0.15, 0.2) is 34.5 Å². The van der Waals surface area contributed by atoms with Crippen molar-refractivity contribution in [3.8, 4) is 0 Å². The van der Waals surface area contributed by atoms with Crippen LogP contribution < -0.4 is 10.6 Å². The summed E-state index contributed by atoms with van der Waals surface area (Å²) in [7, 11) is -2.98. The first-order chi connectivity index (χ1) is 13.1. The van der Waals surface area contributed by atoms with Gasteiger partial charge in [-0.25, -0.2) is 13.2 Å². The molecule has 1 aliphatic rings. The Morgan fingerprint density at radius 3 is 2.68 bits per heavy atom. The molecule has 0 bridgehead atoms. The Morgan fingerprint density at radius 1 is 1.25 bits per heavy atom. The second-order valence-corrected chi connectivity index (χ2v) is 9.82. The van der Waals surface area contributed by atoms with Crippen LogP contribution in [0.4, 0.5) is 23.7 Å². The molecule has 0 aliphatic carbocycles. The van der Waals surface area contributed by atoms with Crippen LogP contribution in [0.1, 0.15) is 31.7 Å². The maximum absolute atomic E-state index is 12.7. The molecule has 156 valence electrons. The molecule has 1 aromatic rings. The molecule has 12 heteroatoms. The van der Waals surface area contributed by atoms with Gasteiger partial charge < -0.3 is 10.6 Å². The number of amides is 2. The van der Waals surface area contributed by atoms with Crippen molar-refractivity contribution in [1.29, 1.82) is 0 Å². The Bertz CT molecular complexity index is 816. The number of rotatable bonds is 8. The Morgan fingerprint density at radius 2 is 2.00 bits per heavy atom. The van der Waals surface area contributed by atoms with E-state index in [9.17, 15) is 26.4 Å². The third kappa shape index (κ3) is 7.30. The Balaban J connectivity index is 1.74. The van der Waals surface area contributed by atoms with Gasteiger partial charge in [0.15, 0.2) is 5.50 Å². The molecular weight excluding hydrogens is 417 g/mol. The molecule has 1 heterocycles. The zero-order valence-electron chi connectivity index (χ0n) is 15.1. The quantitative estimate of drug-likeness (QED) is 0.593. The fourth-order valence-corrected chi connectivity index (χ4v) is 4.29. The molecule has 2 rings (SSSR count). The Hall–Kier alpha value is -1.82. The fourth-order valence-electron chi connectivity index (χ4n) is 2.36. The van der Waals surface area contributed by atoms with E-state index in [-0.39, 0.29) is 22.6 Å². The summed E-state index contributed by atoms with van der Waals surface area (Å²) in [6.07, 6.45) is -2.66. The van der Waals surface area contributed by atoms with Crippen LogP contribution in [0.2, 0.25) is 0 Å². The number of anilines is 1. The van der Waals surface area contributed by atoms with Gasteiger partial charge in [0.1, 0.15) is 15.2 Å². The first kappa shape index (κ1) is 22.5. The number of halogens is 3. The fraction of sp³-hybridized carbons (Fsp3) is 0.562. The predicted molar refractivity (Wildman–Crippen MR) is 102 cm³/mol. The molecule has 0 unspecified atom stereocenters. The van der Waals surface area contributed by atoms with Gasteiger partial charge in [0, 0.05) is 11.4 Å². The van der Waals surface area contributed by atoms with Crippen LogP contribution >= 0.6 is 11.8 Å². The minimum absolute atomic E-state index is 0.0148. The molecule has 0 aromatic heterocycles. The van der Waals surface area contributed by atoms with Gasteiger partial charge in [0.05, 0.1) is 11.3 Å². The lowest BCUT2D eigenvalue weighted by Crippen LogP contribution is -2.34. The monoisotopic (exact) mass is 438 g/mol. The maximum Gasteiger partial charge on any atom is 0.416 e. The number of urea groups is 1. The Labute approximate surface area is 165 Å². The van der Waals surface area contributed by atoms with Crippen LogP contribution in [-0.4, -0.2) is 36.8 Å². The molecule has 2 N–H and O–H groups in total. The summed E-state index contributed by atoms with van der Waals surface area (Å²) in [6, 6.07) is 3.63. The number of nitrogens with one attached hydrogen (secondary N) is 2. The number of unbranched alkanes of at least 4 members (excludes halogenated alkanes) is 1. The van der Waals surface area contributed by atoms with Gasteiger partial charge in [-0.05, 0) is 37.5 Å². The third-order valence-corrected chi connectivity index (χ3v) is 6.79. The smallest absolute Gasteiger partial charge is 0.308 e. The molecule has 28 heavy (non-hydrogen) atoms. The van der Waals surface area contributed by atoms with Gasteiger partial charge in [0.2, 0.25) is 0 Å². The summed E-state index contributed by atoms with van der Waals surface area (Å²) >= 11 is 1.29. The van der Waals surface area contributed by atoms with Gasteiger partial charge in [-0.2, -0.15) is 23.4 Å².